The molecule has 1 atom stereocenters. The molecule has 1 aliphatic rings. The average molecular weight is 318 g/mol. The highest BCUT2D eigenvalue weighted by molar-refractivity contribution is 5.85. The molecule has 1 unspecified atom stereocenters. The van der Waals surface area contributed by atoms with Crippen LogP contribution in [-0.2, 0) is 11.3 Å². The smallest absolute Gasteiger partial charge is 0.358 e. The number of nitrogens with two attached hydrogens (primary N) is 1. The van der Waals surface area contributed by atoms with Crippen molar-refractivity contribution < 1.29 is 9.72 Å². The van der Waals surface area contributed by atoms with Crippen molar-refractivity contribution in [1.82, 2.24) is 14.5 Å². The summed E-state index contributed by atoms with van der Waals surface area (Å²) in [6.45, 7) is 3.43. The third-order valence-electron chi connectivity index (χ3n) is 3.53. The second kappa shape index (κ2) is 7.37. The van der Waals surface area contributed by atoms with Gasteiger partial charge in [0, 0.05) is 39.0 Å². The van der Waals surface area contributed by atoms with E-state index >= 15 is 0 Å². The molecular formula is C12H20ClN5O3. The summed E-state index contributed by atoms with van der Waals surface area (Å²) in [5.41, 5.74) is 5.85. The Bertz CT molecular complexity index is 519. The van der Waals surface area contributed by atoms with E-state index in [9.17, 15) is 14.9 Å². The number of halogens is 1. The molecule has 118 valence electrons. The molecule has 1 saturated heterocycles. The molecule has 0 bridgehead atoms. The van der Waals surface area contributed by atoms with E-state index in [0.717, 1.165) is 19.4 Å². The zero-order valence-electron chi connectivity index (χ0n) is 11.9. The van der Waals surface area contributed by atoms with Gasteiger partial charge in [-0.3, -0.25) is 4.79 Å². The van der Waals surface area contributed by atoms with Gasteiger partial charge < -0.3 is 25.3 Å². The number of nitro groups is 1. The van der Waals surface area contributed by atoms with Crippen LogP contribution in [0, 0.1) is 17.0 Å². The number of hydrogen-bond donors (Lipinski definition) is 1. The van der Waals surface area contributed by atoms with Gasteiger partial charge in [0.1, 0.15) is 6.20 Å². The van der Waals surface area contributed by atoms with Crippen LogP contribution in [0.15, 0.2) is 6.20 Å². The van der Waals surface area contributed by atoms with Gasteiger partial charge in [0.05, 0.1) is 0 Å². The molecule has 1 aromatic rings. The monoisotopic (exact) mass is 317 g/mol. The van der Waals surface area contributed by atoms with Crippen LogP contribution in [-0.4, -0.2) is 44.4 Å². The van der Waals surface area contributed by atoms with Crippen molar-refractivity contribution in [2.75, 3.05) is 13.1 Å². The van der Waals surface area contributed by atoms with Crippen molar-refractivity contribution in [3.8, 4) is 0 Å². The van der Waals surface area contributed by atoms with Crippen LogP contribution in [0.5, 0.6) is 0 Å². The average Bonchev–Trinajstić information content (AvgIpc) is 2.77. The molecule has 1 aliphatic heterocycles. The van der Waals surface area contributed by atoms with Gasteiger partial charge in [-0.15, -0.1) is 12.4 Å². The molecule has 1 aromatic heterocycles. The molecule has 2 rings (SSSR count). The summed E-state index contributed by atoms with van der Waals surface area (Å²) in [4.78, 5) is 27.8. The first-order valence-corrected chi connectivity index (χ1v) is 6.69. The molecule has 0 spiro atoms. The van der Waals surface area contributed by atoms with Crippen molar-refractivity contribution in [2.45, 2.75) is 38.8 Å². The number of nitrogens with zero attached hydrogens (tertiary/aromatic N) is 4. The maximum Gasteiger partial charge on any atom is 0.381 e. The maximum atomic E-state index is 12.1. The second-order valence-corrected chi connectivity index (χ2v) is 5.09. The number of hydrogen-bond acceptors (Lipinski definition) is 5. The van der Waals surface area contributed by atoms with E-state index in [1.165, 1.54) is 6.20 Å². The van der Waals surface area contributed by atoms with Crippen LogP contribution in [0.1, 0.15) is 25.1 Å². The van der Waals surface area contributed by atoms with Gasteiger partial charge >= 0.3 is 5.82 Å². The fourth-order valence-corrected chi connectivity index (χ4v) is 2.42. The van der Waals surface area contributed by atoms with Gasteiger partial charge in [0.2, 0.25) is 11.7 Å². The van der Waals surface area contributed by atoms with Crippen LogP contribution < -0.4 is 5.73 Å². The number of aryl methyl sites for hydroxylation is 2. The van der Waals surface area contributed by atoms with E-state index in [1.54, 1.807) is 16.4 Å². The number of carbonyl (C=O) groups excluding carboxylic acids is 1. The van der Waals surface area contributed by atoms with Gasteiger partial charge in [-0.2, -0.15) is 0 Å². The van der Waals surface area contributed by atoms with Gasteiger partial charge in [0.25, 0.3) is 0 Å². The minimum atomic E-state index is -0.533. The highest BCUT2D eigenvalue weighted by atomic mass is 35.5. The predicted molar refractivity (Wildman–Crippen MR) is 79.3 cm³/mol. The van der Waals surface area contributed by atoms with E-state index in [-0.39, 0.29) is 30.2 Å². The van der Waals surface area contributed by atoms with Crippen LogP contribution in [0.3, 0.4) is 0 Å². The summed E-state index contributed by atoms with van der Waals surface area (Å²) < 4.78 is 1.64. The lowest BCUT2D eigenvalue weighted by molar-refractivity contribution is -0.389. The summed E-state index contributed by atoms with van der Waals surface area (Å²) in [6.07, 6.45) is 3.56. The summed E-state index contributed by atoms with van der Waals surface area (Å²) in [7, 11) is 0. The Morgan fingerprint density at radius 3 is 2.90 bits per heavy atom. The minimum absolute atomic E-state index is 0. The van der Waals surface area contributed by atoms with E-state index < -0.39 is 4.92 Å². The fourth-order valence-electron chi connectivity index (χ4n) is 2.42. The van der Waals surface area contributed by atoms with Crippen LogP contribution in [0.4, 0.5) is 5.82 Å². The topological polar surface area (TPSA) is 107 Å². The molecular weight excluding hydrogens is 298 g/mol. The summed E-state index contributed by atoms with van der Waals surface area (Å²) in [5, 5.41) is 10.6. The summed E-state index contributed by atoms with van der Waals surface area (Å²) in [6, 6.07) is 0.0590. The van der Waals surface area contributed by atoms with Crippen molar-refractivity contribution in [1.29, 1.82) is 0 Å². The van der Waals surface area contributed by atoms with Crippen molar-refractivity contribution in [2.24, 2.45) is 5.73 Å². The van der Waals surface area contributed by atoms with Crippen LogP contribution in [0.25, 0.3) is 0 Å². The molecule has 0 saturated carbocycles. The Kier molecular flexibility index (Phi) is 6.10. The van der Waals surface area contributed by atoms with Crippen molar-refractivity contribution in [3.05, 3.63) is 22.1 Å². The highest BCUT2D eigenvalue weighted by Gasteiger charge is 2.22. The molecule has 2 N–H and O–H groups in total. The second-order valence-electron chi connectivity index (χ2n) is 5.09. The molecule has 0 aliphatic carbocycles. The van der Waals surface area contributed by atoms with E-state index in [0.29, 0.717) is 25.3 Å². The molecule has 9 heteroatoms. The number of piperidine rings is 1. The zero-order chi connectivity index (χ0) is 14.7. The van der Waals surface area contributed by atoms with Crippen LogP contribution in [0.2, 0.25) is 0 Å². The Labute approximate surface area is 128 Å². The first-order chi connectivity index (χ1) is 9.47. The third-order valence-corrected chi connectivity index (χ3v) is 3.53. The number of likely N-dealkylation sites (tertiary alicyclic amines) is 1. The number of imidazole rings is 1. The van der Waals surface area contributed by atoms with Crippen LogP contribution >= 0.6 is 12.4 Å². The SMILES string of the molecule is Cc1nc([N+](=O)[O-])cn1CCC(=O)N1CCCC(N)C1.Cl. The Hall–Kier alpha value is -1.67. The third kappa shape index (κ3) is 4.40. The first kappa shape index (κ1) is 17.4. The summed E-state index contributed by atoms with van der Waals surface area (Å²) in [5.74, 6) is 0.394. The molecule has 1 amide bonds. The quantitative estimate of drug-likeness (QED) is 0.654. The molecule has 0 radical (unpaired) electrons. The first-order valence-electron chi connectivity index (χ1n) is 6.69. The van der Waals surface area contributed by atoms with Gasteiger partial charge in [-0.05, 0) is 22.7 Å². The predicted octanol–water partition coefficient (Wildman–Crippen LogP) is 0.861. The van der Waals surface area contributed by atoms with Gasteiger partial charge in [-0.25, -0.2) is 0 Å². The van der Waals surface area contributed by atoms with E-state index in [2.05, 4.69) is 4.98 Å². The number of rotatable bonds is 4. The molecule has 1 fully saturated rings. The highest BCUT2D eigenvalue weighted by Crippen LogP contribution is 2.13. The van der Waals surface area contributed by atoms with Gasteiger partial charge in [-0.1, -0.05) is 0 Å². The zero-order valence-corrected chi connectivity index (χ0v) is 12.7. The lowest BCUT2D eigenvalue weighted by Crippen LogP contribution is -2.45. The van der Waals surface area contributed by atoms with E-state index in [1.807, 2.05) is 0 Å². The van der Waals surface area contributed by atoms with E-state index in [4.69, 9.17) is 5.73 Å². The molecule has 0 aromatic carbocycles. The normalized spacial score (nSPS) is 18.2. The number of amides is 1. The number of carbonyl (C=O) groups is 1. The lowest BCUT2D eigenvalue weighted by atomic mass is 10.1. The number of aromatic nitrogens is 2. The molecule has 2 heterocycles. The standard InChI is InChI=1S/C12H19N5O3.ClH/c1-9-14-11(17(19)20)8-15(9)6-4-12(18)16-5-2-3-10(13)7-16;/h8,10H,2-7,13H2,1H3;1H. The van der Waals surface area contributed by atoms with Crippen molar-refractivity contribution >= 4 is 24.1 Å². The Balaban J connectivity index is 0.00000220. The van der Waals surface area contributed by atoms with Crippen molar-refractivity contribution in [3.63, 3.8) is 0 Å². The Morgan fingerprint density at radius 1 is 1.62 bits per heavy atom. The Morgan fingerprint density at radius 2 is 2.33 bits per heavy atom. The maximum absolute atomic E-state index is 12.1. The molecule has 8 nitrogen and oxygen atoms in total. The molecule has 21 heavy (non-hydrogen) atoms. The largest absolute Gasteiger partial charge is 0.381 e. The fraction of sp³-hybridized carbons (Fsp3) is 0.667. The lowest BCUT2D eigenvalue weighted by Gasteiger charge is -2.30. The van der Waals surface area contributed by atoms with Gasteiger partial charge in [0.15, 0.2) is 0 Å². The minimum Gasteiger partial charge on any atom is -0.358 e. The summed E-state index contributed by atoms with van der Waals surface area (Å²) >= 11 is 0.